The van der Waals surface area contributed by atoms with Gasteiger partial charge >= 0.3 is 5.97 Å². The first-order valence-corrected chi connectivity index (χ1v) is 5.91. The van der Waals surface area contributed by atoms with E-state index in [1.807, 2.05) is 0 Å². The van der Waals surface area contributed by atoms with E-state index in [2.05, 4.69) is 5.32 Å². The monoisotopic (exact) mass is 279 g/mol. The number of nitrogens with one attached hydrogen (secondary N) is 1. The van der Waals surface area contributed by atoms with Crippen molar-refractivity contribution in [3.05, 3.63) is 58.4 Å². The van der Waals surface area contributed by atoms with Gasteiger partial charge in [-0.25, -0.2) is 9.18 Å². The summed E-state index contributed by atoms with van der Waals surface area (Å²) in [6.07, 6.45) is 0. The molecular weight excluding hydrogens is 269 g/mol. The van der Waals surface area contributed by atoms with E-state index >= 15 is 0 Å². The SMILES string of the molecule is Cc1cc(Nc2ccc(F)c(Cl)c2)ccc1C(=O)O. The highest BCUT2D eigenvalue weighted by atomic mass is 35.5. The van der Waals surface area contributed by atoms with Gasteiger partial charge in [-0.05, 0) is 48.9 Å². The Labute approximate surface area is 114 Å². The Morgan fingerprint density at radius 1 is 1.21 bits per heavy atom. The van der Waals surface area contributed by atoms with Crippen molar-refractivity contribution in [3.8, 4) is 0 Å². The molecule has 0 amide bonds. The fourth-order valence-corrected chi connectivity index (χ4v) is 1.90. The second kappa shape index (κ2) is 5.28. The van der Waals surface area contributed by atoms with Crippen LogP contribution in [-0.2, 0) is 0 Å². The molecule has 0 radical (unpaired) electrons. The zero-order valence-electron chi connectivity index (χ0n) is 10.1. The molecule has 0 saturated heterocycles. The van der Waals surface area contributed by atoms with Gasteiger partial charge in [-0.3, -0.25) is 0 Å². The maximum atomic E-state index is 13.0. The maximum Gasteiger partial charge on any atom is 0.335 e. The van der Waals surface area contributed by atoms with Crippen molar-refractivity contribution in [3.63, 3.8) is 0 Å². The number of aryl methyl sites for hydroxylation is 1. The molecule has 0 atom stereocenters. The molecule has 0 bridgehead atoms. The number of hydrogen-bond donors (Lipinski definition) is 2. The zero-order valence-corrected chi connectivity index (χ0v) is 10.8. The van der Waals surface area contributed by atoms with Crippen molar-refractivity contribution in [2.75, 3.05) is 5.32 Å². The van der Waals surface area contributed by atoms with E-state index in [0.29, 0.717) is 16.9 Å². The minimum Gasteiger partial charge on any atom is -0.478 e. The predicted octanol–water partition coefficient (Wildman–Crippen LogP) is 4.23. The number of carboxylic acid groups (broad SMARTS) is 1. The van der Waals surface area contributed by atoms with Crippen LogP contribution < -0.4 is 5.32 Å². The van der Waals surface area contributed by atoms with E-state index in [4.69, 9.17) is 16.7 Å². The molecule has 0 aliphatic carbocycles. The minimum absolute atomic E-state index is 0.0314. The van der Waals surface area contributed by atoms with Gasteiger partial charge in [0.2, 0.25) is 0 Å². The molecule has 2 rings (SSSR count). The maximum absolute atomic E-state index is 13.0. The van der Waals surface area contributed by atoms with Gasteiger partial charge in [0, 0.05) is 11.4 Å². The van der Waals surface area contributed by atoms with Crippen LogP contribution >= 0.6 is 11.6 Å². The molecule has 0 fully saturated rings. The summed E-state index contributed by atoms with van der Waals surface area (Å²) >= 11 is 5.69. The summed E-state index contributed by atoms with van der Waals surface area (Å²) in [6.45, 7) is 1.71. The van der Waals surface area contributed by atoms with Gasteiger partial charge < -0.3 is 10.4 Å². The number of hydrogen-bond acceptors (Lipinski definition) is 2. The van der Waals surface area contributed by atoms with E-state index in [1.54, 1.807) is 25.1 Å². The lowest BCUT2D eigenvalue weighted by Crippen LogP contribution is -2.00. The summed E-state index contributed by atoms with van der Waals surface area (Å²) in [7, 11) is 0. The number of carbonyl (C=O) groups is 1. The average molecular weight is 280 g/mol. The summed E-state index contributed by atoms with van der Waals surface area (Å²) in [6, 6.07) is 9.17. The molecule has 0 heterocycles. The summed E-state index contributed by atoms with van der Waals surface area (Å²) in [5.74, 6) is -1.45. The molecular formula is C14H11ClFNO2. The number of aromatic carboxylic acids is 1. The van der Waals surface area contributed by atoms with Crippen LogP contribution in [0.3, 0.4) is 0 Å². The van der Waals surface area contributed by atoms with Crippen LogP contribution in [0.5, 0.6) is 0 Å². The Balaban J connectivity index is 2.26. The number of halogens is 2. The van der Waals surface area contributed by atoms with Crippen molar-refractivity contribution < 1.29 is 14.3 Å². The lowest BCUT2D eigenvalue weighted by atomic mass is 10.1. The van der Waals surface area contributed by atoms with E-state index in [9.17, 15) is 9.18 Å². The third-order valence-corrected chi connectivity index (χ3v) is 2.95. The first-order chi connectivity index (χ1) is 8.97. The van der Waals surface area contributed by atoms with E-state index in [1.165, 1.54) is 18.2 Å². The van der Waals surface area contributed by atoms with Crippen LogP contribution in [0.1, 0.15) is 15.9 Å². The molecule has 0 saturated carbocycles. The number of anilines is 2. The van der Waals surface area contributed by atoms with Gasteiger partial charge in [-0.2, -0.15) is 0 Å². The Morgan fingerprint density at radius 2 is 1.84 bits per heavy atom. The van der Waals surface area contributed by atoms with Gasteiger partial charge in [0.1, 0.15) is 5.82 Å². The first-order valence-electron chi connectivity index (χ1n) is 5.53. The molecule has 2 aromatic carbocycles. The quantitative estimate of drug-likeness (QED) is 0.884. The third kappa shape index (κ3) is 3.03. The largest absolute Gasteiger partial charge is 0.478 e. The molecule has 0 spiro atoms. The lowest BCUT2D eigenvalue weighted by Gasteiger charge is -2.09. The number of benzene rings is 2. The second-order valence-corrected chi connectivity index (χ2v) is 4.50. The van der Waals surface area contributed by atoms with E-state index < -0.39 is 11.8 Å². The lowest BCUT2D eigenvalue weighted by molar-refractivity contribution is 0.0696. The van der Waals surface area contributed by atoms with Crippen LogP contribution in [0.15, 0.2) is 36.4 Å². The molecule has 98 valence electrons. The highest BCUT2D eigenvalue weighted by Crippen LogP contribution is 2.24. The number of rotatable bonds is 3. The summed E-state index contributed by atoms with van der Waals surface area (Å²) < 4.78 is 13.0. The summed E-state index contributed by atoms with van der Waals surface area (Å²) in [5, 5.41) is 12.0. The molecule has 0 aromatic heterocycles. The zero-order chi connectivity index (χ0) is 14.0. The van der Waals surface area contributed by atoms with Crippen LogP contribution in [0.4, 0.5) is 15.8 Å². The average Bonchev–Trinajstić information content (AvgIpc) is 2.33. The van der Waals surface area contributed by atoms with Gasteiger partial charge in [0.25, 0.3) is 0 Å². The van der Waals surface area contributed by atoms with Crippen LogP contribution in [-0.4, -0.2) is 11.1 Å². The van der Waals surface area contributed by atoms with E-state index in [-0.39, 0.29) is 10.6 Å². The molecule has 2 aromatic rings. The van der Waals surface area contributed by atoms with Crippen molar-refractivity contribution in [1.82, 2.24) is 0 Å². The summed E-state index contributed by atoms with van der Waals surface area (Å²) in [4.78, 5) is 10.9. The smallest absolute Gasteiger partial charge is 0.335 e. The summed E-state index contributed by atoms with van der Waals surface area (Å²) in [5.41, 5.74) is 2.24. The normalized spacial score (nSPS) is 10.3. The second-order valence-electron chi connectivity index (χ2n) is 4.09. The standard InChI is InChI=1S/C14H11ClFNO2/c1-8-6-9(2-4-11(8)14(18)19)17-10-3-5-13(16)12(15)7-10/h2-7,17H,1H3,(H,18,19). The van der Waals surface area contributed by atoms with Crippen LogP contribution in [0.25, 0.3) is 0 Å². The fraction of sp³-hybridized carbons (Fsp3) is 0.0714. The van der Waals surface area contributed by atoms with Crippen molar-refractivity contribution >= 4 is 28.9 Å². The van der Waals surface area contributed by atoms with Gasteiger partial charge in [0.05, 0.1) is 10.6 Å². The van der Waals surface area contributed by atoms with E-state index in [0.717, 1.165) is 0 Å². The Hall–Kier alpha value is -2.07. The molecule has 0 aliphatic rings. The Kier molecular flexibility index (Phi) is 3.71. The predicted molar refractivity (Wildman–Crippen MR) is 72.8 cm³/mol. The third-order valence-electron chi connectivity index (χ3n) is 2.67. The van der Waals surface area contributed by atoms with Gasteiger partial charge in [-0.1, -0.05) is 11.6 Å². The Bertz CT molecular complexity index is 643. The highest BCUT2D eigenvalue weighted by Gasteiger charge is 2.07. The molecule has 0 aliphatic heterocycles. The topological polar surface area (TPSA) is 49.3 Å². The van der Waals surface area contributed by atoms with Crippen LogP contribution in [0, 0.1) is 12.7 Å². The van der Waals surface area contributed by atoms with Gasteiger partial charge in [0.15, 0.2) is 0 Å². The fourth-order valence-electron chi connectivity index (χ4n) is 1.72. The van der Waals surface area contributed by atoms with Crippen molar-refractivity contribution in [2.24, 2.45) is 0 Å². The van der Waals surface area contributed by atoms with Crippen molar-refractivity contribution in [1.29, 1.82) is 0 Å². The highest BCUT2D eigenvalue weighted by molar-refractivity contribution is 6.31. The van der Waals surface area contributed by atoms with Gasteiger partial charge in [-0.15, -0.1) is 0 Å². The minimum atomic E-state index is -0.964. The molecule has 0 unspecified atom stereocenters. The molecule has 3 nitrogen and oxygen atoms in total. The molecule has 5 heteroatoms. The van der Waals surface area contributed by atoms with Crippen LogP contribution in [0.2, 0.25) is 5.02 Å². The first kappa shape index (κ1) is 13.4. The molecule has 2 N–H and O–H groups in total. The molecule has 19 heavy (non-hydrogen) atoms. The number of carboxylic acids is 1. The Morgan fingerprint density at radius 3 is 2.42 bits per heavy atom. The van der Waals surface area contributed by atoms with Crippen molar-refractivity contribution in [2.45, 2.75) is 6.92 Å².